The topological polar surface area (TPSA) is 94.1 Å². The lowest BCUT2D eigenvalue weighted by Crippen LogP contribution is -2.34. The SMILES string of the molecule is COc1ccc(C(CC(=O)O)NC(=O)COc2ccc(F)cc2F)c(OC)c1. The van der Waals surface area contributed by atoms with Crippen molar-refractivity contribution in [3.05, 3.63) is 53.6 Å². The van der Waals surface area contributed by atoms with E-state index < -0.39 is 42.6 Å². The number of ether oxygens (including phenoxy) is 3. The Morgan fingerprint density at radius 1 is 1.07 bits per heavy atom. The summed E-state index contributed by atoms with van der Waals surface area (Å²) in [4.78, 5) is 23.4. The molecule has 0 radical (unpaired) electrons. The Hall–Kier alpha value is -3.36. The van der Waals surface area contributed by atoms with Crippen LogP contribution in [0.4, 0.5) is 8.78 Å². The van der Waals surface area contributed by atoms with Crippen molar-refractivity contribution in [1.82, 2.24) is 5.32 Å². The van der Waals surface area contributed by atoms with Crippen LogP contribution in [0.1, 0.15) is 18.0 Å². The highest BCUT2D eigenvalue weighted by atomic mass is 19.1. The minimum Gasteiger partial charge on any atom is -0.497 e. The first-order valence-corrected chi connectivity index (χ1v) is 8.15. The zero-order valence-corrected chi connectivity index (χ0v) is 15.2. The second-order valence-electron chi connectivity index (χ2n) is 5.69. The summed E-state index contributed by atoms with van der Waals surface area (Å²) in [7, 11) is 2.87. The molecule has 2 aromatic rings. The fraction of sp³-hybridized carbons (Fsp3) is 0.263. The summed E-state index contributed by atoms with van der Waals surface area (Å²) in [6.07, 6.45) is -0.417. The Bertz CT molecular complexity index is 858. The molecule has 1 amide bonds. The third-order valence-electron chi connectivity index (χ3n) is 3.78. The monoisotopic (exact) mass is 395 g/mol. The Morgan fingerprint density at radius 3 is 2.43 bits per heavy atom. The van der Waals surface area contributed by atoms with E-state index in [-0.39, 0.29) is 5.75 Å². The van der Waals surface area contributed by atoms with Gasteiger partial charge in [-0.1, -0.05) is 0 Å². The Kier molecular flexibility index (Phi) is 7.14. The summed E-state index contributed by atoms with van der Waals surface area (Å²) in [5.74, 6) is -3.03. The lowest BCUT2D eigenvalue weighted by Gasteiger charge is -2.20. The second kappa shape index (κ2) is 9.54. The van der Waals surface area contributed by atoms with Gasteiger partial charge in [0.2, 0.25) is 0 Å². The second-order valence-corrected chi connectivity index (χ2v) is 5.69. The van der Waals surface area contributed by atoms with Gasteiger partial charge in [-0.2, -0.15) is 0 Å². The van der Waals surface area contributed by atoms with E-state index in [2.05, 4.69) is 5.32 Å². The molecule has 0 aliphatic heterocycles. The maximum atomic E-state index is 13.6. The molecule has 1 atom stereocenters. The maximum absolute atomic E-state index is 13.6. The zero-order chi connectivity index (χ0) is 20.7. The number of halogens is 2. The van der Waals surface area contributed by atoms with E-state index >= 15 is 0 Å². The van der Waals surface area contributed by atoms with Crippen molar-refractivity contribution in [2.45, 2.75) is 12.5 Å². The molecule has 0 aliphatic carbocycles. The number of carbonyl (C=O) groups is 2. The highest BCUT2D eigenvalue weighted by Gasteiger charge is 2.22. The molecule has 0 saturated heterocycles. The standard InChI is InChI=1S/C19H19F2NO6/c1-26-12-4-5-13(17(8-12)27-2)15(9-19(24)25)22-18(23)10-28-16-6-3-11(20)7-14(16)21/h3-8,15H,9-10H2,1-2H3,(H,22,23)(H,24,25). The number of rotatable bonds is 9. The number of aliphatic carboxylic acids is 1. The summed E-state index contributed by atoms with van der Waals surface area (Å²) in [5, 5.41) is 11.7. The van der Waals surface area contributed by atoms with Gasteiger partial charge in [0.15, 0.2) is 18.2 Å². The van der Waals surface area contributed by atoms with Gasteiger partial charge in [-0.05, 0) is 24.3 Å². The van der Waals surface area contributed by atoms with Gasteiger partial charge in [0, 0.05) is 17.7 Å². The largest absolute Gasteiger partial charge is 0.497 e. The van der Waals surface area contributed by atoms with Crippen LogP contribution in [0.25, 0.3) is 0 Å². The molecule has 0 spiro atoms. The van der Waals surface area contributed by atoms with Crippen LogP contribution in [0.3, 0.4) is 0 Å². The van der Waals surface area contributed by atoms with Gasteiger partial charge in [-0.25, -0.2) is 8.78 Å². The minimum absolute atomic E-state index is 0.298. The molecule has 9 heteroatoms. The highest BCUT2D eigenvalue weighted by molar-refractivity contribution is 5.79. The van der Waals surface area contributed by atoms with Crippen LogP contribution in [0.15, 0.2) is 36.4 Å². The van der Waals surface area contributed by atoms with Gasteiger partial charge in [0.25, 0.3) is 5.91 Å². The molecule has 0 bridgehead atoms. The summed E-state index contributed by atoms with van der Waals surface area (Å²) >= 11 is 0. The number of carboxylic acids is 1. The Balaban J connectivity index is 2.13. The number of carboxylic acid groups (broad SMARTS) is 1. The maximum Gasteiger partial charge on any atom is 0.305 e. The van der Waals surface area contributed by atoms with E-state index in [4.69, 9.17) is 19.3 Å². The third kappa shape index (κ3) is 5.57. The molecule has 2 rings (SSSR count). The number of hydrogen-bond acceptors (Lipinski definition) is 5. The van der Waals surface area contributed by atoms with Crippen molar-refractivity contribution in [3.63, 3.8) is 0 Å². The van der Waals surface area contributed by atoms with E-state index in [1.54, 1.807) is 18.2 Å². The highest BCUT2D eigenvalue weighted by Crippen LogP contribution is 2.31. The molecular formula is C19H19F2NO6. The zero-order valence-electron chi connectivity index (χ0n) is 15.2. The summed E-state index contributed by atoms with van der Waals surface area (Å²) in [6.45, 7) is -0.586. The lowest BCUT2D eigenvalue weighted by atomic mass is 10.0. The molecule has 0 heterocycles. The fourth-order valence-corrected chi connectivity index (χ4v) is 2.49. The number of benzene rings is 2. The molecule has 0 fully saturated rings. The van der Waals surface area contributed by atoms with E-state index in [1.807, 2.05) is 0 Å². The molecule has 1 unspecified atom stereocenters. The van der Waals surface area contributed by atoms with E-state index in [0.717, 1.165) is 12.1 Å². The van der Waals surface area contributed by atoms with Crippen molar-refractivity contribution >= 4 is 11.9 Å². The summed E-state index contributed by atoms with van der Waals surface area (Å²) in [6, 6.07) is 6.48. The Labute approximate surface area is 159 Å². The first-order valence-electron chi connectivity index (χ1n) is 8.15. The van der Waals surface area contributed by atoms with Crippen LogP contribution in [0, 0.1) is 11.6 Å². The van der Waals surface area contributed by atoms with E-state index in [9.17, 15) is 18.4 Å². The first-order chi connectivity index (χ1) is 13.3. The molecule has 2 N–H and O–H groups in total. The number of amides is 1. The van der Waals surface area contributed by atoms with Gasteiger partial charge < -0.3 is 24.6 Å². The number of nitrogens with one attached hydrogen (secondary N) is 1. The lowest BCUT2D eigenvalue weighted by molar-refractivity contribution is -0.137. The third-order valence-corrected chi connectivity index (χ3v) is 3.78. The van der Waals surface area contributed by atoms with E-state index in [0.29, 0.717) is 23.1 Å². The summed E-state index contributed by atoms with van der Waals surface area (Å²) < 4.78 is 41.8. The summed E-state index contributed by atoms with van der Waals surface area (Å²) in [5.41, 5.74) is 0.423. The van der Waals surface area contributed by atoms with Crippen molar-refractivity contribution in [2.75, 3.05) is 20.8 Å². The normalized spacial score (nSPS) is 11.4. The molecule has 28 heavy (non-hydrogen) atoms. The van der Waals surface area contributed by atoms with Crippen molar-refractivity contribution in [1.29, 1.82) is 0 Å². The fourth-order valence-electron chi connectivity index (χ4n) is 2.49. The van der Waals surface area contributed by atoms with Crippen molar-refractivity contribution in [2.24, 2.45) is 0 Å². The van der Waals surface area contributed by atoms with Crippen LogP contribution < -0.4 is 19.5 Å². The average Bonchev–Trinajstić information content (AvgIpc) is 2.65. The smallest absolute Gasteiger partial charge is 0.305 e. The van der Waals surface area contributed by atoms with Gasteiger partial charge >= 0.3 is 5.97 Å². The van der Waals surface area contributed by atoms with Crippen LogP contribution in [-0.2, 0) is 9.59 Å². The first kappa shape index (κ1) is 20.9. The van der Waals surface area contributed by atoms with Crippen LogP contribution in [0.2, 0.25) is 0 Å². The molecule has 7 nitrogen and oxygen atoms in total. The van der Waals surface area contributed by atoms with Crippen LogP contribution in [-0.4, -0.2) is 37.8 Å². The predicted octanol–water partition coefficient (Wildman–Crippen LogP) is 2.69. The molecular weight excluding hydrogens is 376 g/mol. The van der Waals surface area contributed by atoms with Crippen LogP contribution in [0.5, 0.6) is 17.2 Å². The average molecular weight is 395 g/mol. The van der Waals surface area contributed by atoms with Gasteiger partial charge in [-0.15, -0.1) is 0 Å². The molecule has 0 aromatic heterocycles. The van der Waals surface area contributed by atoms with Crippen LogP contribution >= 0.6 is 0 Å². The van der Waals surface area contributed by atoms with Crippen molar-refractivity contribution < 1.29 is 37.7 Å². The van der Waals surface area contributed by atoms with E-state index in [1.165, 1.54) is 14.2 Å². The van der Waals surface area contributed by atoms with Gasteiger partial charge in [-0.3, -0.25) is 9.59 Å². The van der Waals surface area contributed by atoms with Crippen molar-refractivity contribution in [3.8, 4) is 17.2 Å². The number of carbonyl (C=O) groups excluding carboxylic acids is 1. The van der Waals surface area contributed by atoms with Gasteiger partial charge in [0.1, 0.15) is 17.3 Å². The number of methoxy groups -OCH3 is 2. The minimum atomic E-state index is -1.14. The van der Waals surface area contributed by atoms with Gasteiger partial charge in [0.05, 0.1) is 26.7 Å². The molecule has 150 valence electrons. The predicted molar refractivity (Wildman–Crippen MR) is 94.5 cm³/mol. The Morgan fingerprint density at radius 2 is 1.82 bits per heavy atom. The molecule has 0 aliphatic rings. The quantitative estimate of drug-likeness (QED) is 0.678. The molecule has 2 aromatic carbocycles. The number of hydrogen-bond donors (Lipinski definition) is 2. The molecule has 0 saturated carbocycles.